The summed E-state index contributed by atoms with van der Waals surface area (Å²) < 4.78 is 26.2. The third kappa shape index (κ3) is 5.08. The average molecular weight is 470 g/mol. The van der Waals surface area contributed by atoms with Gasteiger partial charge in [0.2, 0.25) is 15.9 Å². The number of thiazole rings is 1. The van der Waals surface area contributed by atoms with Crippen LogP contribution in [0.4, 0.5) is 5.00 Å². The Hall–Kier alpha value is -2.24. The van der Waals surface area contributed by atoms with Crippen LogP contribution in [0.25, 0.3) is 21.0 Å². The molecule has 30 heavy (non-hydrogen) atoms. The third-order valence-electron chi connectivity index (χ3n) is 4.75. The SMILES string of the molecule is CN(C(=O)C1CCCN(S(=O)(=O)CCN=[N+]=[N-])C1)c1sc(-c2cccnc2)nc1Cl. The molecule has 1 unspecified atom stereocenters. The van der Waals surface area contributed by atoms with Gasteiger partial charge in [0.25, 0.3) is 0 Å². The first-order valence-corrected chi connectivity index (χ1v) is 12.0. The van der Waals surface area contributed by atoms with Gasteiger partial charge in [-0.3, -0.25) is 9.78 Å². The van der Waals surface area contributed by atoms with E-state index < -0.39 is 15.9 Å². The lowest BCUT2D eigenvalue weighted by Crippen LogP contribution is -2.46. The molecule has 0 saturated carbocycles. The summed E-state index contributed by atoms with van der Waals surface area (Å²) in [5, 5.41) is 4.65. The second-order valence-corrected chi connectivity index (χ2v) is 10.1. The first-order valence-electron chi connectivity index (χ1n) is 9.16. The number of piperidine rings is 1. The highest BCUT2D eigenvalue weighted by Gasteiger charge is 2.34. The van der Waals surface area contributed by atoms with E-state index in [0.29, 0.717) is 29.4 Å². The van der Waals surface area contributed by atoms with Crippen molar-refractivity contribution in [2.45, 2.75) is 12.8 Å². The van der Waals surface area contributed by atoms with Gasteiger partial charge in [-0.05, 0) is 30.5 Å². The van der Waals surface area contributed by atoms with E-state index in [1.54, 1.807) is 25.5 Å². The van der Waals surface area contributed by atoms with Gasteiger partial charge in [-0.25, -0.2) is 17.7 Å². The second kappa shape index (κ2) is 9.71. The molecule has 1 saturated heterocycles. The van der Waals surface area contributed by atoms with Crippen molar-refractivity contribution < 1.29 is 13.2 Å². The maximum atomic E-state index is 13.1. The summed E-state index contributed by atoms with van der Waals surface area (Å²) in [7, 11) is -1.98. The Morgan fingerprint density at radius 3 is 3.03 bits per heavy atom. The fourth-order valence-electron chi connectivity index (χ4n) is 3.21. The van der Waals surface area contributed by atoms with Gasteiger partial charge in [-0.1, -0.05) is 28.1 Å². The van der Waals surface area contributed by atoms with E-state index in [2.05, 4.69) is 20.0 Å². The molecule has 3 rings (SSSR count). The number of anilines is 1. The van der Waals surface area contributed by atoms with Gasteiger partial charge < -0.3 is 4.90 Å². The maximum absolute atomic E-state index is 13.1. The molecule has 2 aromatic heterocycles. The van der Waals surface area contributed by atoms with Crippen LogP contribution in [0.5, 0.6) is 0 Å². The number of carbonyl (C=O) groups excluding carboxylic acids is 1. The molecule has 13 heteroatoms. The predicted octanol–water partition coefficient (Wildman–Crippen LogP) is 3.17. The third-order valence-corrected chi connectivity index (χ3v) is 8.13. The Morgan fingerprint density at radius 2 is 2.33 bits per heavy atom. The number of aromatic nitrogens is 2. The zero-order valence-corrected chi connectivity index (χ0v) is 18.6. The highest BCUT2D eigenvalue weighted by atomic mass is 35.5. The Labute approximate surface area is 183 Å². The van der Waals surface area contributed by atoms with E-state index >= 15 is 0 Å². The molecule has 2 aromatic rings. The fraction of sp³-hybridized carbons (Fsp3) is 0.471. The molecule has 3 heterocycles. The van der Waals surface area contributed by atoms with Crippen molar-refractivity contribution in [3.8, 4) is 10.6 Å². The van der Waals surface area contributed by atoms with Crippen molar-refractivity contribution in [2.24, 2.45) is 11.0 Å². The van der Waals surface area contributed by atoms with Gasteiger partial charge in [-0.2, -0.15) is 0 Å². The summed E-state index contributed by atoms with van der Waals surface area (Å²) in [5.74, 6) is -0.977. The van der Waals surface area contributed by atoms with Crippen molar-refractivity contribution >= 4 is 43.9 Å². The van der Waals surface area contributed by atoms with Crippen LogP contribution in [-0.2, 0) is 14.8 Å². The largest absolute Gasteiger partial charge is 0.304 e. The minimum Gasteiger partial charge on any atom is -0.304 e. The van der Waals surface area contributed by atoms with Crippen LogP contribution in [0.3, 0.4) is 0 Å². The van der Waals surface area contributed by atoms with Crippen molar-refractivity contribution in [2.75, 3.05) is 37.3 Å². The van der Waals surface area contributed by atoms with E-state index in [0.717, 1.165) is 5.56 Å². The molecular formula is C17H20ClN7O3S2. The smallest absolute Gasteiger partial charge is 0.231 e. The fourth-order valence-corrected chi connectivity index (χ4v) is 5.89. The molecule has 1 aliphatic rings. The average Bonchev–Trinajstić information content (AvgIpc) is 3.15. The van der Waals surface area contributed by atoms with Crippen molar-refractivity contribution in [3.63, 3.8) is 0 Å². The molecule has 0 radical (unpaired) electrons. The highest BCUT2D eigenvalue weighted by Crippen LogP contribution is 2.38. The van der Waals surface area contributed by atoms with Crippen LogP contribution in [0.15, 0.2) is 29.6 Å². The number of hydrogen-bond donors (Lipinski definition) is 0. The van der Waals surface area contributed by atoms with E-state index in [-0.39, 0.29) is 29.9 Å². The molecular weight excluding hydrogens is 450 g/mol. The van der Waals surface area contributed by atoms with Gasteiger partial charge in [-0.15, -0.1) is 0 Å². The minimum absolute atomic E-state index is 0.0909. The van der Waals surface area contributed by atoms with Crippen molar-refractivity contribution in [1.29, 1.82) is 0 Å². The molecule has 1 amide bonds. The summed E-state index contributed by atoms with van der Waals surface area (Å²) in [6, 6.07) is 3.64. The first kappa shape index (κ1) is 22.4. The van der Waals surface area contributed by atoms with E-state index in [1.807, 2.05) is 6.07 Å². The van der Waals surface area contributed by atoms with Gasteiger partial charge in [0.15, 0.2) is 5.15 Å². The normalized spacial score (nSPS) is 17.3. The summed E-state index contributed by atoms with van der Waals surface area (Å²) >= 11 is 7.56. The van der Waals surface area contributed by atoms with Crippen LogP contribution in [-0.4, -0.2) is 61.0 Å². The lowest BCUT2D eigenvalue weighted by atomic mass is 9.98. The first-order chi connectivity index (χ1) is 14.3. The van der Waals surface area contributed by atoms with Crippen LogP contribution in [0.1, 0.15) is 12.8 Å². The quantitative estimate of drug-likeness (QED) is 0.349. The number of halogens is 1. The van der Waals surface area contributed by atoms with Crippen LogP contribution in [0, 0.1) is 5.92 Å². The van der Waals surface area contributed by atoms with E-state index in [9.17, 15) is 13.2 Å². The molecule has 1 atom stereocenters. The highest BCUT2D eigenvalue weighted by molar-refractivity contribution is 7.89. The number of carbonyl (C=O) groups is 1. The molecule has 0 aliphatic carbocycles. The van der Waals surface area contributed by atoms with E-state index in [1.165, 1.54) is 20.5 Å². The minimum atomic E-state index is -3.60. The zero-order chi connectivity index (χ0) is 21.7. The number of hydrogen-bond acceptors (Lipinski definition) is 7. The molecule has 0 aromatic carbocycles. The number of rotatable bonds is 7. The predicted molar refractivity (Wildman–Crippen MR) is 116 cm³/mol. The molecule has 0 bridgehead atoms. The van der Waals surface area contributed by atoms with Crippen LogP contribution >= 0.6 is 22.9 Å². The monoisotopic (exact) mass is 469 g/mol. The molecule has 160 valence electrons. The number of nitrogens with zero attached hydrogens (tertiary/aromatic N) is 7. The topological polar surface area (TPSA) is 132 Å². The Bertz CT molecular complexity index is 1050. The summed E-state index contributed by atoms with van der Waals surface area (Å²) in [5.41, 5.74) is 9.13. The number of pyridine rings is 1. The molecule has 10 nitrogen and oxygen atoms in total. The number of sulfonamides is 1. The second-order valence-electron chi connectivity index (χ2n) is 6.72. The van der Waals surface area contributed by atoms with Crippen molar-refractivity contribution in [3.05, 3.63) is 40.1 Å². The van der Waals surface area contributed by atoms with Gasteiger partial charge in [0.05, 0.1) is 11.7 Å². The summed E-state index contributed by atoms with van der Waals surface area (Å²) in [4.78, 5) is 25.5. The van der Waals surface area contributed by atoms with E-state index in [4.69, 9.17) is 17.1 Å². The molecule has 1 fully saturated rings. The van der Waals surface area contributed by atoms with Gasteiger partial charge in [0, 0.05) is 49.6 Å². The molecule has 1 aliphatic heterocycles. The molecule has 0 N–H and O–H groups in total. The maximum Gasteiger partial charge on any atom is 0.231 e. The number of amides is 1. The lowest BCUT2D eigenvalue weighted by Gasteiger charge is -2.32. The van der Waals surface area contributed by atoms with Gasteiger partial charge in [0.1, 0.15) is 10.0 Å². The standard InChI is InChI=1S/C17H20ClN7O3S2/c1-24(17-14(18)22-15(29-17)12-4-2-6-20-10-12)16(26)13-5-3-8-25(11-13)30(27,28)9-7-21-23-19/h2,4,6,10,13H,3,5,7-9,11H2,1H3. The van der Waals surface area contributed by atoms with Crippen LogP contribution in [0.2, 0.25) is 5.15 Å². The Kier molecular flexibility index (Phi) is 7.27. The van der Waals surface area contributed by atoms with Crippen molar-refractivity contribution in [1.82, 2.24) is 14.3 Å². The Morgan fingerprint density at radius 1 is 1.53 bits per heavy atom. The van der Waals surface area contributed by atoms with Gasteiger partial charge >= 0.3 is 0 Å². The summed E-state index contributed by atoms with van der Waals surface area (Å²) in [6.45, 7) is 0.299. The lowest BCUT2D eigenvalue weighted by molar-refractivity contribution is -0.123. The Balaban J connectivity index is 1.73. The van der Waals surface area contributed by atoms with Crippen LogP contribution < -0.4 is 4.90 Å². The summed E-state index contributed by atoms with van der Waals surface area (Å²) in [6.07, 6.45) is 4.48. The number of azide groups is 1. The molecule has 0 spiro atoms. The zero-order valence-electron chi connectivity index (χ0n) is 16.2.